The number of allylic oxidation sites excluding steroid dienone is 4. The summed E-state index contributed by atoms with van der Waals surface area (Å²) in [6.07, 6.45) is 8.44. The van der Waals surface area contributed by atoms with E-state index in [1.165, 1.54) is 5.57 Å². The van der Waals surface area contributed by atoms with Gasteiger partial charge in [-0.2, -0.15) is 0 Å². The molecule has 0 atom stereocenters. The van der Waals surface area contributed by atoms with E-state index in [-0.39, 0.29) is 0 Å². The van der Waals surface area contributed by atoms with Crippen molar-refractivity contribution in [2.75, 3.05) is 0 Å². The Kier molecular flexibility index (Phi) is 5.74. The third-order valence-corrected chi connectivity index (χ3v) is 1.14. The van der Waals surface area contributed by atoms with Gasteiger partial charge in [0.25, 0.3) is 0 Å². The van der Waals surface area contributed by atoms with Crippen LogP contribution >= 0.6 is 0 Å². The highest BCUT2D eigenvalue weighted by Gasteiger charge is 1.77. The van der Waals surface area contributed by atoms with E-state index in [1.807, 2.05) is 19.1 Å². The summed E-state index contributed by atoms with van der Waals surface area (Å²) in [6.45, 7) is 4.13. The highest BCUT2D eigenvalue weighted by molar-refractivity contribution is 5.52. The zero-order valence-corrected chi connectivity index (χ0v) is 6.63. The third-order valence-electron chi connectivity index (χ3n) is 1.14. The number of carbonyl (C=O) groups excluding carboxylic acids is 1. The molecule has 1 nitrogen and oxygen atoms in total. The molecule has 0 saturated carbocycles. The van der Waals surface area contributed by atoms with E-state index in [4.69, 9.17) is 0 Å². The summed E-state index contributed by atoms with van der Waals surface area (Å²) in [5, 5.41) is 0. The molecule has 56 valence electrons. The summed E-state index contributed by atoms with van der Waals surface area (Å²) in [6, 6.07) is 0. The Balaban J connectivity index is 3.64. The molecule has 0 spiro atoms. The van der Waals surface area contributed by atoms with Gasteiger partial charge >= 0.3 is 0 Å². The zero-order valence-electron chi connectivity index (χ0n) is 6.63. The lowest BCUT2D eigenvalue weighted by molar-refractivity contribution is -0.107. The lowest BCUT2D eigenvalue weighted by Gasteiger charge is -1.87. The van der Waals surface area contributed by atoms with E-state index in [0.717, 1.165) is 12.7 Å². The number of hydrogen-bond donors (Lipinski definition) is 0. The molecule has 0 aliphatic heterocycles. The Morgan fingerprint density at radius 2 is 2.20 bits per heavy atom. The fourth-order valence-corrected chi connectivity index (χ4v) is 0.700. The summed E-state index contributed by atoms with van der Waals surface area (Å²) < 4.78 is 0. The van der Waals surface area contributed by atoms with Crippen LogP contribution in [0.15, 0.2) is 23.8 Å². The minimum atomic E-state index is 0.523. The summed E-state index contributed by atoms with van der Waals surface area (Å²) in [7, 11) is 0. The Morgan fingerprint density at radius 3 is 2.70 bits per heavy atom. The van der Waals surface area contributed by atoms with Crippen molar-refractivity contribution in [1.29, 1.82) is 0 Å². The predicted molar refractivity (Wildman–Crippen MR) is 43.9 cm³/mol. The first-order valence-corrected chi connectivity index (χ1v) is 3.58. The maximum Gasteiger partial charge on any atom is 0.123 e. The first kappa shape index (κ1) is 9.15. The highest BCUT2D eigenvalue weighted by atomic mass is 16.1. The van der Waals surface area contributed by atoms with Crippen LogP contribution in [0.5, 0.6) is 0 Å². The minimum absolute atomic E-state index is 0.523. The lowest BCUT2D eigenvalue weighted by atomic mass is 10.2. The Morgan fingerprint density at radius 1 is 1.50 bits per heavy atom. The average molecular weight is 138 g/mol. The van der Waals surface area contributed by atoms with Crippen molar-refractivity contribution in [2.45, 2.75) is 26.7 Å². The van der Waals surface area contributed by atoms with Crippen LogP contribution < -0.4 is 0 Å². The predicted octanol–water partition coefficient (Wildman–Crippen LogP) is 2.49. The molecule has 0 aromatic rings. The number of rotatable bonds is 4. The van der Waals surface area contributed by atoms with Crippen LogP contribution in [0.4, 0.5) is 0 Å². The molecule has 0 N–H and O–H groups in total. The van der Waals surface area contributed by atoms with Gasteiger partial charge in [0.2, 0.25) is 0 Å². The van der Waals surface area contributed by atoms with Crippen molar-refractivity contribution in [1.82, 2.24) is 0 Å². The fourth-order valence-electron chi connectivity index (χ4n) is 0.700. The standard InChI is InChI=1S/C9H14O/c1-3-6-9(2)7-4-5-8-10/h4,6-8H,3,5H2,1-2H3/b7-4-,9-6-. The molecule has 1 heteroatoms. The summed E-state index contributed by atoms with van der Waals surface area (Å²) in [5.74, 6) is 0. The molecule has 0 fully saturated rings. The van der Waals surface area contributed by atoms with E-state index in [0.29, 0.717) is 6.42 Å². The van der Waals surface area contributed by atoms with E-state index in [9.17, 15) is 4.79 Å². The van der Waals surface area contributed by atoms with Gasteiger partial charge in [0.1, 0.15) is 6.29 Å². The number of carbonyl (C=O) groups is 1. The van der Waals surface area contributed by atoms with Gasteiger partial charge in [-0.1, -0.05) is 30.7 Å². The Bertz CT molecular complexity index is 143. The van der Waals surface area contributed by atoms with Gasteiger partial charge in [-0.3, -0.25) is 0 Å². The Hall–Kier alpha value is -0.850. The SMILES string of the molecule is CC/C=C(C)\C=C/CC=O. The van der Waals surface area contributed by atoms with E-state index < -0.39 is 0 Å². The van der Waals surface area contributed by atoms with Gasteiger partial charge in [-0.05, 0) is 13.3 Å². The van der Waals surface area contributed by atoms with Gasteiger partial charge in [0.05, 0.1) is 0 Å². The normalized spacial score (nSPS) is 12.4. The molecule has 0 amide bonds. The zero-order chi connectivity index (χ0) is 7.82. The van der Waals surface area contributed by atoms with Crippen LogP contribution in [0, 0.1) is 0 Å². The monoisotopic (exact) mass is 138 g/mol. The average Bonchev–Trinajstić information content (AvgIpc) is 1.89. The highest BCUT2D eigenvalue weighted by Crippen LogP contribution is 1.96. The quantitative estimate of drug-likeness (QED) is 0.431. The first-order chi connectivity index (χ1) is 4.81. The molecule has 0 saturated heterocycles. The van der Waals surface area contributed by atoms with Gasteiger partial charge in [-0.15, -0.1) is 0 Å². The van der Waals surface area contributed by atoms with Gasteiger partial charge in [0.15, 0.2) is 0 Å². The van der Waals surface area contributed by atoms with Gasteiger partial charge < -0.3 is 4.79 Å². The molecule has 0 radical (unpaired) electrons. The lowest BCUT2D eigenvalue weighted by Crippen LogP contribution is -1.69. The van der Waals surface area contributed by atoms with Crippen molar-refractivity contribution >= 4 is 6.29 Å². The molecule has 0 aliphatic rings. The second kappa shape index (κ2) is 6.27. The molecule has 0 aliphatic carbocycles. The molecule has 0 rings (SSSR count). The smallest absolute Gasteiger partial charge is 0.123 e. The topological polar surface area (TPSA) is 17.1 Å². The maximum atomic E-state index is 9.87. The molecular weight excluding hydrogens is 124 g/mol. The van der Waals surface area contributed by atoms with Crippen LogP contribution in [-0.4, -0.2) is 6.29 Å². The van der Waals surface area contributed by atoms with Crippen LogP contribution in [0.2, 0.25) is 0 Å². The van der Waals surface area contributed by atoms with E-state index >= 15 is 0 Å². The van der Waals surface area contributed by atoms with Crippen molar-refractivity contribution in [2.24, 2.45) is 0 Å². The molecule has 0 unspecified atom stereocenters. The van der Waals surface area contributed by atoms with Gasteiger partial charge in [-0.25, -0.2) is 0 Å². The molecule has 0 bridgehead atoms. The summed E-state index contributed by atoms with van der Waals surface area (Å²) in [5.41, 5.74) is 1.23. The molecular formula is C9H14O. The van der Waals surface area contributed by atoms with Crippen molar-refractivity contribution in [3.63, 3.8) is 0 Å². The summed E-state index contributed by atoms with van der Waals surface area (Å²) in [4.78, 5) is 9.87. The molecule has 0 heterocycles. The maximum absolute atomic E-state index is 9.87. The second-order valence-corrected chi connectivity index (χ2v) is 2.16. The summed E-state index contributed by atoms with van der Waals surface area (Å²) >= 11 is 0. The van der Waals surface area contributed by atoms with Crippen LogP contribution in [-0.2, 0) is 4.79 Å². The molecule has 0 aromatic carbocycles. The largest absolute Gasteiger partial charge is 0.303 e. The van der Waals surface area contributed by atoms with Crippen LogP contribution in [0.3, 0.4) is 0 Å². The number of aldehydes is 1. The van der Waals surface area contributed by atoms with E-state index in [1.54, 1.807) is 0 Å². The number of hydrogen-bond acceptors (Lipinski definition) is 1. The Labute approximate surface area is 62.4 Å². The van der Waals surface area contributed by atoms with Gasteiger partial charge in [0, 0.05) is 6.42 Å². The molecule has 10 heavy (non-hydrogen) atoms. The minimum Gasteiger partial charge on any atom is -0.303 e. The van der Waals surface area contributed by atoms with Crippen molar-refractivity contribution < 1.29 is 4.79 Å². The second-order valence-electron chi connectivity index (χ2n) is 2.16. The molecule has 0 aromatic heterocycles. The third kappa shape index (κ3) is 5.29. The first-order valence-electron chi connectivity index (χ1n) is 3.58. The van der Waals surface area contributed by atoms with Crippen molar-refractivity contribution in [3.05, 3.63) is 23.8 Å². The van der Waals surface area contributed by atoms with Crippen molar-refractivity contribution in [3.8, 4) is 0 Å². The fraction of sp³-hybridized carbons (Fsp3) is 0.444. The van der Waals surface area contributed by atoms with Crippen LogP contribution in [0.1, 0.15) is 26.7 Å². The van der Waals surface area contributed by atoms with Crippen LogP contribution in [0.25, 0.3) is 0 Å². The van der Waals surface area contributed by atoms with E-state index in [2.05, 4.69) is 13.0 Å².